The fourth-order valence-corrected chi connectivity index (χ4v) is 2.48. The van der Waals surface area contributed by atoms with Crippen LogP contribution in [0.2, 0.25) is 0 Å². The van der Waals surface area contributed by atoms with Crippen LogP contribution in [-0.4, -0.2) is 27.6 Å². The minimum absolute atomic E-state index is 0.0794. The van der Waals surface area contributed by atoms with Gasteiger partial charge in [-0.2, -0.15) is 0 Å². The zero-order chi connectivity index (χ0) is 15.7. The van der Waals surface area contributed by atoms with Gasteiger partial charge in [-0.05, 0) is 29.7 Å². The average molecular weight is 299 g/mol. The van der Waals surface area contributed by atoms with Crippen LogP contribution >= 0.6 is 0 Å². The molecule has 22 heavy (non-hydrogen) atoms. The number of nitro groups is 1. The number of rotatable bonds is 3. The molecular formula is C14H13N5O3. The highest BCUT2D eigenvalue weighted by Gasteiger charge is 2.20. The molecule has 1 aromatic carbocycles. The maximum atomic E-state index is 11.0. The standard InChI is InChI=1S/C14H13N5O3/c15-14(20)12-3-4-13(17-16-12)18-6-5-9-1-2-11(19(21)22)7-10(9)8-18/h1-4,7H,5-6,8H2,(H2,15,20). The number of nitrogens with zero attached hydrogens (tertiary/aromatic N) is 4. The zero-order valence-corrected chi connectivity index (χ0v) is 11.6. The minimum atomic E-state index is -0.626. The number of fused-ring (bicyclic) bond motifs is 1. The molecule has 0 aliphatic carbocycles. The van der Waals surface area contributed by atoms with Crippen LogP contribution in [0.15, 0.2) is 30.3 Å². The Balaban J connectivity index is 1.85. The molecule has 1 aliphatic heterocycles. The van der Waals surface area contributed by atoms with Crippen LogP contribution in [0.5, 0.6) is 0 Å². The number of hydrogen-bond acceptors (Lipinski definition) is 6. The molecule has 0 unspecified atom stereocenters. The Morgan fingerprint density at radius 3 is 2.68 bits per heavy atom. The highest BCUT2D eigenvalue weighted by molar-refractivity contribution is 5.90. The van der Waals surface area contributed by atoms with Gasteiger partial charge in [0.15, 0.2) is 11.5 Å². The van der Waals surface area contributed by atoms with Crippen LogP contribution in [0, 0.1) is 10.1 Å². The number of carbonyl (C=O) groups is 1. The Labute approximate surface area is 125 Å². The Morgan fingerprint density at radius 1 is 1.23 bits per heavy atom. The molecule has 2 N–H and O–H groups in total. The van der Waals surface area contributed by atoms with E-state index in [9.17, 15) is 14.9 Å². The molecule has 8 nitrogen and oxygen atoms in total. The number of primary amides is 1. The van der Waals surface area contributed by atoms with E-state index in [1.165, 1.54) is 12.1 Å². The van der Waals surface area contributed by atoms with Crippen molar-refractivity contribution >= 4 is 17.4 Å². The van der Waals surface area contributed by atoms with E-state index in [4.69, 9.17) is 5.73 Å². The first-order chi connectivity index (χ1) is 10.5. The first kappa shape index (κ1) is 13.9. The fraction of sp³-hybridized carbons (Fsp3) is 0.214. The van der Waals surface area contributed by atoms with Gasteiger partial charge >= 0.3 is 0 Å². The lowest BCUT2D eigenvalue weighted by Crippen LogP contribution is -2.31. The molecule has 0 radical (unpaired) electrons. The van der Waals surface area contributed by atoms with Crippen LogP contribution < -0.4 is 10.6 Å². The molecule has 0 atom stereocenters. The summed E-state index contributed by atoms with van der Waals surface area (Å²) >= 11 is 0. The maximum Gasteiger partial charge on any atom is 0.269 e. The van der Waals surface area contributed by atoms with E-state index in [-0.39, 0.29) is 11.4 Å². The lowest BCUT2D eigenvalue weighted by atomic mass is 9.99. The third kappa shape index (κ3) is 2.58. The van der Waals surface area contributed by atoms with Gasteiger partial charge in [0, 0.05) is 25.2 Å². The van der Waals surface area contributed by atoms with Crippen LogP contribution in [-0.2, 0) is 13.0 Å². The summed E-state index contributed by atoms with van der Waals surface area (Å²) in [5.74, 6) is -0.0131. The van der Waals surface area contributed by atoms with Crippen molar-refractivity contribution in [3.05, 3.63) is 57.3 Å². The first-order valence-corrected chi connectivity index (χ1v) is 6.69. The van der Waals surface area contributed by atoms with Crippen molar-refractivity contribution in [3.8, 4) is 0 Å². The number of aromatic nitrogens is 2. The third-order valence-corrected chi connectivity index (χ3v) is 3.64. The van der Waals surface area contributed by atoms with E-state index < -0.39 is 10.8 Å². The molecule has 112 valence electrons. The second kappa shape index (κ2) is 5.40. The quantitative estimate of drug-likeness (QED) is 0.669. The molecule has 2 heterocycles. The van der Waals surface area contributed by atoms with Crippen molar-refractivity contribution in [3.63, 3.8) is 0 Å². The van der Waals surface area contributed by atoms with E-state index in [0.717, 1.165) is 24.1 Å². The molecule has 8 heteroatoms. The Kier molecular flexibility index (Phi) is 3.42. The Morgan fingerprint density at radius 2 is 2.05 bits per heavy atom. The van der Waals surface area contributed by atoms with E-state index in [2.05, 4.69) is 10.2 Å². The predicted molar refractivity (Wildman–Crippen MR) is 78.4 cm³/mol. The number of hydrogen-bond donors (Lipinski definition) is 1. The molecule has 0 spiro atoms. The molecule has 0 fully saturated rings. The Bertz CT molecular complexity index is 745. The van der Waals surface area contributed by atoms with Gasteiger partial charge in [0.1, 0.15) is 0 Å². The minimum Gasteiger partial charge on any atom is -0.364 e. The van der Waals surface area contributed by atoms with Crippen LogP contribution in [0.1, 0.15) is 21.6 Å². The number of anilines is 1. The smallest absolute Gasteiger partial charge is 0.269 e. The van der Waals surface area contributed by atoms with E-state index in [1.807, 2.05) is 4.90 Å². The summed E-state index contributed by atoms with van der Waals surface area (Å²) in [6.45, 7) is 1.25. The van der Waals surface area contributed by atoms with Crippen LogP contribution in [0.3, 0.4) is 0 Å². The van der Waals surface area contributed by atoms with Gasteiger partial charge in [-0.15, -0.1) is 10.2 Å². The number of benzene rings is 1. The summed E-state index contributed by atoms with van der Waals surface area (Å²) in [5.41, 5.74) is 7.32. The van der Waals surface area contributed by atoms with Crippen LogP contribution in [0.25, 0.3) is 0 Å². The molecule has 2 aromatic rings. The molecule has 0 saturated heterocycles. The van der Waals surface area contributed by atoms with E-state index in [0.29, 0.717) is 12.4 Å². The summed E-state index contributed by atoms with van der Waals surface area (Å²) in [7, 11) is 0. The molecular weight excluding hydrogens is 286 g/mol. The number of nitrogens with two attached hydrogens (primary N) is 1. The number of carbonyl (C=O) groups excluding carboxylic acids is 1. The van der Waals surface area contributed by atoms with E-state index in [1.54, 1.807) is 18.2 Å². The summed E-state index contributed by atoms with van der Waals surface area (Å²) in [6, 6.07) is 8.11. The van der Waals surface area contributed by atoms with Gasteiger partial charge < -0.3 is 10.6 Å². The zero-order valence-electron chi connectivity index (χ0n) is 11.6. The van der Waals surface area contributed by atoms with Gasteiger partial charge in [0.05, 0.1) is 4.92 Å². The van der Waals surface area contributed by atoms with Crippen molar-refractivity contribution in [2.45, 2.75) is 13.0 Å². The van der Waals surface area contributed by atoms with Crippen molar-refractivity contribution < 1.29 is 9.72 Å². The summed E-state index contributed by atoms with van der Waals surface area (Å²) in [4.78, 5) is 23.4. The number of non-ortho nitro benzene ring substituents is 1. The topological polar surface area (TPSA) is 115 Å². The van der Waals surface area contributed by atoms with Crippen molar-refractivity contribution in [2.24, 2.45) is 5.73 Å². The monoisotopic (exact) mass is 299 g/mol. The fourth-order valence-electron chi connectivity index (χ4n) is 2.48. The van der Waals surface area contributed by atoms with Crippen molar-refractivity contribution in [1.82, 2.24) is 10.2 Å². The second-order valence-corrected chi connectivity index (χ2v) is 5.02. The third-order valence-electron chi connectivity index (χ3n) is 3.64. The molecule has 1 amide bonds. The summed E-state index contributed by atoms with van der Waals surface area (Å²) in [5, 5.41) is 18.6. The van der Waals surface area contributed by atoms with Crippen molar-refractivity contribution in [1.29, 1.82) is 0 Å². The van der Waals surface area contributed by atoms with Crippen LogP contribution in [0.4, 0.5) is 11.5 Å². The average Bonchev–Trinajstić information content (AvgIpc) is 2.53. The Hall–Kier alpha value is -3.03. The van der Waals surface area contributed by atoms with E-state index >= 15 is 0 Å². The maximum absolute atomic E-state index is 11.0. The predicted octanol–water partition coefficient (Wildman–Crippen LogP) is 1.05. The molecule has 1 aliphatic rings. The highest BCUT2D eigenvalue weighted by atomic mass is 16.6. The summed E-state index contributed by atoms with van der Waals surface area (Å²) < 4.78 is 0. The van der Waals surface area contributed by atoms with Gasteiger partial charge in [-0.1, -0.05) is 6.07 Å². The molecule has 1 aromatic heterocycles. The SMILES string of the molecule is NC(=O)c1ccc(N2CCc3ccc([N+](=O)[O-])cc3C2)nn1. The van der Waals surface area contributed by atoms with Gasteiger partial charge in [-0.3, -0.25) is 14.9 Å². The van der Waals surface area contributed by atoms with Gasteiger partial charge in [0.25, 0.3) is 11.6 Å². The highest BCUT2D eigenvalue weighted by Crippen LogP contribution is 2.26. The summed E-state index contributed by atoms with van der Waals surface area (Å²) in [6.07, 6.45) is 0.770. The normalized spacial score (nSPS) is 13.5. The second-order valence-electron chi connectivity index (χ2n) is 5.02. The van der Waals surface area contributed by atoms with Crippen molar-refractivity contribution in [2.75, 3.05) is 11.4 Å². The lowest BCUT2D eigenvalue weighted by molar-refractivity contribution is -0.384. The van der Waals surface area contributed by atoms with Gasteiger partial charge in [0.2, 0.25) is 0 Å². The first-order valence-electron chi connectivity index (χ1n) is 6.69. The number of amides is 1. The van der Waals surface area contributed by atoms with Gasteiger partial charge in [-0.25, -0.2) is 0 Å². The molecule has 0 saturated carbocycles. The largest absolute Gasteiger partial charge is 0.364 e. The molecule has 0 bridgehead atoms. The molecule has 3 rings (SSSR count). The lowest BCUT2D eigenvalue weighted by Gasteiger charge is -2.29. The number of nitro benzene ring substituents is 1.